The van der Waals surface area contributed by atoms with E-state index in [0.29, 0.717) is 12.3 Å². The molecule has 3 rings (SSSR count). The fourth-order valence-electron chi connectivity index (χ4n) is 3.75. The molecule has 3 aliphatic rings. The number of ether oxygens (including phenoxy) is 2. The van der Waals surface area contributed by atoms with Crippen LogP contribution in [0.2, 0.25) is 0 Å². The van der Waals surface area contributed by atoms with Gasteiger partial charge in [-0.3, -0.25) is 4.79 Å². The van der Waals surface area contributed by atoms with Gasteiger partial charge in [-0.1, -0.05) is 37.5 Å². The number of ketones is 1. The Hall–Kier alpha value is -0.930. The van der Waals surface area contributed by atoms with Crippen molar-refractivity contribution in [1.82, 2.24) is 0 Å². The summed E-state index contributed by atoms with van der Waals surface area (Å²) < 4.78 is 12.1. The molecule has 0 aromatic carbocycles. The molecule has 0 radical (unpaired) electrons. The summed E-state index contributed by atoms with van der Waals surface area (Å²) in [5.74, 6) is 1.10. The van der Waals surface area contributed by atoms with Crippen molar-refractivity contribution in [2.45, 2.75) is 70.2 Å². The number of rotatable bonds is 5. The zero-order valence-electron chi connectivity index (χ0n) is 13.4. The van der Waals surface area contributed by atoms with Crippen LogP contribution in [0.15, 0.2) is 24.3 Å². The Morgan fingerprint density at radius 2 is 1.95 bits per heavy atom. The molecule has 3 heteroatoms. The van der Waals surface area contributed by atoms with Gasteiger partial charge in [-0.15, -0.1) is 0 Å². The molecular weight excluding hydrogens is 276 g/mol. The molecule has 3 unspecified atom stereocenters. The first-order valence-corrected chi connectivity index (χ1v) is 8.98. The molecule has 22 heavy (non-hydrogen) atoms. The van der Waals surface area contributed by atoms with Crippen molar-refractivity contribution in [3.63, 3.8) is 0 Å². The first-order chi connectivity index (χ1) is 10.8. The van der Waals surface area contributed by atoms with Crippen molar-refractivity contribution in [3.05, 3.63) is 24.3 Å². The zero-order chi connectivity index (χ0) is 15.2. The van der Waals surface area contributed by atoms with Gasteiger partial charge in [0.2, 0.25) is 0 Å². The summed E-state index contributed by atoms with van der Waals surface area (Å²) in [7, 11) is 0. The molecule has 0 bridgehead atoms. The molecule has 2 aliphatic carbocycles. The van der Waals surface area contributed by atoms with Crippen LogP contribution in [0.3, 0.4) is 0 Å². The van der Waals surface area contributed by atoms with Crippen LogP contribution in [-0.4, -0.2) is 24.8 Å². The summed E-state index contributed by atoms with van der Waals surface area (Å²) >= 11 is 0. The summed E-state index contributed by atoms with van der Waals surface area (Å²) in [6, 6.07) is 0. The van der Waals surface area contributed by atoms with Gasteiger partial charge >= 0.3 is 0 Å². The maximum Gasteiger partial charge on any atom is 0.158 e. The second-order valence-corrected chi connectivity index (χ2v) is 6.87. The normalized spacial score (nSPS) is 31.9. The summed E-state index contributed by atoms with van der Waals surface area (Å²) in [5, 5.41) is 0. The average molecular weight is 304 g/mol. The molecule has 2 fully saturated rings. The molecule has 1 aliphatic heterocycles. The van der Waals surface area contributed by atoms with Crippen molar-refractivity contribution in [1.29, 1.82) is 0 Å². The fourth-order valence-corrected chi connectivity index (χ4v) is 3.75. The van der Waals surface area contributed by atoms with E-state index < -0.39 is 0 Å². The molecule has 0 amide bonds. The van der Waals surface area contributed by atoms with Crippen molar-refractivity contribution in [2.24, 2.45) is 11.8 Å². The Balaban J connectivity index is 1.60. The van der Waals surface area contributed by atoms with Crippen molar-refractivity contribution in [2.75, 3.05) is 6.61 Å². The predicted octanol–water partition coefficient (Wildman–Crippen LogP) is 4.18. The van der Waals surface area contributed by atoms with Crippen LogP contribution in [0, 0.1) is 11.8 Å². The summed E-state index contributed by atoms with van der Waals surface area (Å²) in [4.78, 5) is 11.3. The molecule has 3 nitrogen and oxygen atoms in total. The fraction of sp³-hybridized carbons (Fsp3) is 0.737. The largest absolute Gasteiger partial charge is 0.353 e. The summed E-state index contributed by atoms with van der Waals surface area (Å²) in [5.41, 5.74) is 0. The van der Waals surface area contributed by atoms with Gasteiger partial charge in [-0.25, -0.2) is 0 Å². The van der Waals surface area contributed by atoms with Gasteiger partial charge in [0.05, 0.1) is 6.10 Å². The van der Waals surface area contributed by atoms with Crippen molar-refractivity contribution < 1.29 is 14.3 Å². The molecule has 0 N–H and O–H groups in total. The van der Waals surface area contributed by atoms with Gasteiger partial charge < -0.3 is 9.47 Å². The Labute approximate surface area is 133 Å². The van der Waals surface area contributed by atoms with Crippen LogP contribution in [0.1, 0.15) is 57.8 Å². The molecule has 0 spiro atoms. The third-order valence-electron chi connectivity index (χ3n) is 5.08. The maximum atomic E-state index is 11.3. The van der Waals surface area contributed by atoms with Crippen LogP contribution >= 0.6 is 0 Å². The van der Waals surface area contributed by atoms with E-state index >= 15 is 0 Å². The first kappa shape index (κ1) is 15.9. The Kier molecular flexibility index (Phi) is 5.85. The SMILES string of the molecule is O=C1C=CC(C=CC(OC2CCCCO2)C2CCCCC2)C1. The molecule has 1 saturated carbocycles. The molecule has 3 atom stereocenters. The minimum atomic E-state index is -0.0360. The third-order valence-corrected chi connectivity index (χ3v) is 5.08. The summed E-state index contributed by atoms with van der Waals surface area (Å²) in [6.45, 7) is 0.825. The minimum Gasteiger partial charge on any atom is -0.353 e. The Morgan fingerprint density at radius 3 is 2.64 bits per heavy atom. The molecule has 0 aromatic rings. The summed E-state index contributed by atoms with van der Waals surface area (Å²) in [6.07, 6.45) is 18.7. The van der Waals surface area contributed by atoms with Gasteiger partial charge in [0.1, 0.15) is 0 Å². The van der Waals surface area contributed by atoms with Crippen LogP contribution in [0.4, 0.5) is 0 Å². The van der Waals surface area contributed by atoms with E-state index in [0.717, 1.165) is 19.4 Å². The highest BCUT2D eigenvalue weighted by Crippen LogP contribution is 2.31. The first-order valence-electron chi connectivity index (χ1n) is 8.98. The topological polar surface area (TPSA) is 35.5 Å². The number of hydrogen-bond donors (Lipinski definition) is 0. The number of carbonyl (C=O) groups excluding carboxylic acids is 1. The van der Waals surface area contributed by atoms with E-state index in [1.807, 2.05) is 6.08 Å². The third kappa shape index (κ3) is 4.53. The average Bonchev–Trinajstić information content (AvgIpc) is 2.99. The molecule has 0 aromatic heterocycles. The lowest BCUT2D eigenvalue weighted by atomic mass is 9.84. The van der Waals surface area contributed by atoms with Crippen LogP contribution in [0.25, 0.3) is 0 Å². The van der Waals surface area contributed by atoms with Crippen molar-refractivity contribution in [3.8, 4) is 0 Å². The zero-order valence-corrected chi connectivity index (χ0v) is 13.4. The van der Waals surface area contributed by atoms with Crippen LogP contribution < -0.4 is 0 Å². The number of allylic oxidation sites excluding steroid dienone is 3. The van der Waals surface area contributed by atoms with E-state index in [1.54, 1.807) is 6.08 Å². The van der Waals surface area contributed by atoms with E-state index in [1.165, 1.54) is 38.5 Å². The van der Waals surface area contributed by atoms with Gasteiger partial charge in [-0.2, -0.15) is 0 Å². The van der Waals surface area contributed by atoms with E-state index in [-0.39, 0.29) is 24.1 Å². The van der Waals surface area contributed by atoms with E-state index in [4.69, 9.17) is 9.47 Å². The van der Waals surface area contributed by atoms with Gasteiger partial charge in [0.15, 0.2) is 12.1 Å². The highest BCUT2D eigenvalue weighted by atomic mass is 16.7. The highest BCUT2D eigenvalue weighted by molar-refractivity contribution is 5.92. The van der Waals surface area contributed by atoms with Gasteiger partial charge in [0, 0.05) is 18.9 Å². The van der Waals surface area contributed by atoms with Crippen molar-refractivity contribution >= 4 is 5.78 Å². The van der Waals surface area contributed by atoms with Crippen LogP contribution in [-0.2, 0) is 14.3 Å². The lowest BCUT2D eigenvalue weighted by Gasteiger charge is -2.33. The quantitative estimate of drug-likeness (QED) is 0.715. The smallest absolute Gasteiger partial charge is 0.158 e. The van der Waals surface area contributed by atoms with Gasteiger partial charge in [0.25, 0.3) is 0 Å². The Morgan fingerprint density at radius 1 is 1.14 bits per heavy atom. The molecule has 1 saturated heterocycles. The number of hydrogen-bond acceptors (Lipinski definition) is 3. The minimum absolute atomic E-state index is 0.0360. The van der Waals surface area contributed by atoms with Crippen LogP contribution in [0.5, 0.6) is 0 Å². The highest BCUT2D eigenvalue weighted by Gasteiger charge is 2.27. The van der Waals surface area contributed by atoms with E-state index in [2.05, 4.69) is 12.2 Å². The lowest BCUT2D eigenvalue weighted by Crippen LogP contribution is -2.32. The van der Waals surface area contributed by atoms with E-state index in [9.17, 15) is 4.79 Å². The van der Waals surface area contributed by atoms with Gasteiger partial charge in [-0.05, 0) is 44.1 Å². The molecule has 1 heterocycles. The monoisotopic (exact) mass is 304 g/mol. The maximum absolute atomic E-state index is 11.3. The number of carbonyl (C=O) groups is 1. The second-order valence-electron chi connectivity index (χ2n) is 6.87. The second kappa shape index (κ2) is 8.07. The predicted molar refractivity (Wildman–Crippen MR) is 86.4 cm³/mol. The molecular formula is C19H28O3. The Bertz CT molecular complexity index is 414. The molecule has 122 valence electrons. The lowest BCUT2D eigenvalue weighted by molar-refractivity contribution is -0.189. The standard InChI is InChI=1S/C19H28O3/c20-17-11-9-15(14-17)10-12-18(16-6-2-1-3-7-16)22-19-8-4-5-13-21-19/h9-12,15-16,18-19H,1-8,13-14H2.